The van der Waals surface area contributed by atoms with Gasteiger partial charge in [0.05, 0.1) is 57.3 Å². The molecule has 0 fully saturated rings. The van der Waals surface area contributed by atoms with E-state index in [0.717, 1.165) is 5.56 Å². The van der Waals surface area contributed by atoms with Crippen molar-refractivity contribution in [1.29, 1.82) is 0 Å². The molecule has 18 heteroatoms. The molecule has 0 bridgehead atoms. The fourth-order valence-electron chi connectivity index (χ4n) is 5.21. The second-order valence-corrected chi connectivity index (χ2v) is 12.9. The van der Waals surface area contributed by atoms with Gasteiger partial charge in [-0.15, -0.1) is 0 Å². The number of aromatic nitrogens is 4. The van der Waals surface area contributed by atoms with Gasteiger partial charge in [-0.2, -0.15) is 0 Å². The highest BCUT2D eigenvalue weighted by Crippen LogP contribution is 2.33. The molecular formula is C39H38Cl2F2N8O6. The molecule has 6 aromatic rings. The number of nitrogens with two attached hydrogens (primary N) is 1. The minimum absolute atomic E-state index is 0.00233. The molecule has 4 aromatic carbocycles. The van der Waals surface area contributed by atoms with Crippen molar-refractivity contribution < 1.29 is 37.3 Å². The van der Waals surface area contributed by atoms with Gasteiger partial charge in [0, 0.05) is 49.2 Å². The predicted molar refractivity (Wildman–Crippen MR) is 214 cm³/mol. The Hall–Kier alpha value is -5.78. The molecule has 0 aliphatic rings. The Morgan fingerprint density at radius 3 is 1.79 bits per heavy atom. The van der Waals surface area contributed by atoms with Crippen LogP contribution < -0.4 is 31.2 Å². The van der Waals surface area contributed by atoms with Crippen LogP contribution in [-0.4, -0.2) is 78.8 Å². The van der Waals surface area contributed by atoms with Crippen molar-refractivity contribution in [3.63, 3.8) is 0 Å². The number of methoxy groups -OCH3 is 2. The summed E-state index contributed by atoms with van der Waals surface area (Å²) in [5, 5.41) is 10.1. The zero-order chi connectivity index (χ0) is 40.9. The van der Waals surface area contributed by atoms with Gasteiger partial charge in [0.2, 0.25) is 5.91 Å². The van der Waals surface area contributed by atoms with Crippen LogP contribution in [0.2, 0.25) is 10.0 Å². The number of primary amides is 1. The number of carbonyl (C=O) groups is 2. The molecule has 5 N–H and O–H groups in total. The minimum atomic E-state index is -0.587. The molecule has 0 saturated heterocycles. The van der Waals surface area contributed by atoms with Crippen LogP contribution in [0.25, 0.3) is 21.8 Å². The molecule has 1 atom stereocenters. The van der Waals surface area contributed by atoms with E-state index in [2.05, 4.69) is 35.9 Å². The molecule has 0 radical (unpaired) electrons. The Balaban J connectivity index is 0.000000221. The number of halogens is 4. The summed E-state index contributed by atoms with van der Waals surface area (Å²) in [5.41, 5.74) is 7.92. The first kappa shape index (κ1) is 42.4. The van der Waals surface area contributed by atoms with E-state index in [1.54, 1.807) is 57.5 Å². The fraction of sp³-hybridized carbons (Fsp3) is 0.231. The van der Waals surface area contributed by atoms with E-state index in [1.165, 1.54) is 30.9 Å². The zero-order valence-electron chi connectivity index (χ0n) is 30.9. The number of hydrogen-bond donors (Lipinski definition) is 4. The molecule has 6 rings (SSSR count). The predicted octanol–water partition coefficient (Wildman–Crippen LogP) is 7.16. The minimum Gasteiger partial charge on any atom is -0.491 e. The second kappa shape index (κ2) is 20.4. The molecule has 14 nitrogen and oxygen atoms in total. The second-order valence-electron chi connectivity index (χ2n) is 12.1. The maximum atomic E-state index is 14.4. The van der Waals surface area contributed by atoms with E-state index in [1.807, 2.05) is 6.07 Å². The molecule has 1 amide bonds. The lowest BCUT2D eigenvalue weighted by atomic mass is 10.1. The van der Waals surface area contributed by atoms with Crippen molar-refractivity contribution in [3.05, 3.63) is 106 Å². The quantitative estimate of drug-likeness (QED) is 0.0537. The summed E-state index contributed by atoms with van der Waals surface area (Å²) in [4.78, 5) is 39.7. The highest BCUT2D eigenvalue weighted by molar-refractivity contribution is 6.31. The average Bonchev–Trinajstić information content (AvgIpc) is 3.20. The van der Waals surface area contributed by atoms with Gasteiger partial charge in [-0.05, 0) is 43.3 Å². The Labute approximate surface area is 336 Å². The van der Waals surface area contributed by atoms with Crippen LogP contribution in [0.3, 0.4) is 0 Å². The van der Waals surface area contributed by atoms with Crippen molar-refractivity contribution in [2.75, 3.05) is 51.3 Å². The van der Waals surface area contributed by atoms with E-state index >= 15 is 0 Å². The zero-order valence-corrected chi connectivity index (χ0v) is 32.5. The number of hydrogen-bond acceptors (Lipinski definition) is 13. The highest BCUT2D eigenvalue weighted by Gasteiger charge is 2.16. The maximum Gasteiger partial charge on any atom is 0.234 e. The average molecular weight is 824 g/mol. The van der Waals surface area contributed by atoms with E-state index in [9.17, 15) is 18.4 Å². The van der Waals surface area contributed by atoms with Crippen molar-refractivity contribution in [1.82, 2.24) is 25.3 Å². The SMILES string of the molecule is COCCOc1cc2ncnc(Nc3cccc(Cl)c3F)c2cc1C=O.COCCOc1cc2ncnc(Nc3cccc(Cl)c3F)c2cc1CN[C@H](C)C(N)=O. The smallest absolute Gasteiger partial charge is 0.234 e. The lowest BCUT2D eigenvalue weighted by molar-refractivity contribution is -0.119. The number of nitrogens with one attached hydrogen (secondary N) is 3. The number of ether oxygens (including phenoxy) is 4. The number of fused-ring (bicyclic) bond motifs is 2. The van der Waals surface area contributed by atoms with E-state index < -0.39 is 23.6 Å². The van der Waals surface area contributed by atoms with Gasteiger partial charge in [-0.1, -0.05) is 35.3 Å². The number of carbonyl (C=O) groups excluding carboxylic acids is 2. The molecule has 0 spiro atoms. The number of amides is 1. The Kier molecular flexibility index (Phi) is 15.2. The van der Waals surface area contributed by atoms with Crippen molar-refractivity contribution >= 4 is 80.2 Å². The van der Waals surface area contributed by atoms with Gasteiger partial charge >= 0.3 is 0 Å². The van der Waals surface area contributed by atoms with Gasteiger partial charge in [-0.3, -0.25) is 9.59 Å². The third-order valence-electron chi connectivity index (χ3n) is 8.24. The van der Waals surface area contributed by atoms with Gasteiger partial charge in [0.25, 0.3) is 0 Å². The summed E-state index contributed by atoms with van der Waals surface area (Å²) in [6, 6.07) is 15.6. The van der Waals surface area contributed by atoms with Crippen LogP contribution in [0.15, 0.2) is 73.3 Å². The number of nitrogens with zero attached hydrogens (tertiary/aromatic N) is 4. The van der Waals surface area contributed by atoms with E-state index in [4.69, 9.17) is 47.9 Å². The molecule has 0 unspecified atom stereocenters. The summed E-state index contributed by atoms with van der Waals surface area (Å²) in [6.07, 6.45) is 3.39. The monoisotopic (exact) mass is 822 g/mol. The van der Waals surface area contributed by atoms with Crippen LogP contribution in [0.5, 0.6) is 11.5 Å². The van der Waals surface area contributed by atoms with E-state index in [0.29, 0.717) is 89.8 Å². The largest absolute Gasteiger partial charge is 0.491 e. The molecule has 0 aliphatic heterocycles. The van der Waals surface area contributed by atoms with E-state index in [-0.39, 0.29) is 21.4 Å². The summed E-state index contributed by atoms with van der Waals surface area (Å²) < 4.78 is 49.9. The van der Waals surface area contributed by atoms with Gasteiger partial charge in [0.15, 0.2) is 17.9 Å². The Morgan fingerprint density at radius 2 is 1.28 bits per heavy atom. The van der Waals surface area contributed by atoms with Gasteiger partial charge in [0.1, 0.15) is 49.0 Å². The molecule has 0 saturated carbocycles. The number of benzene rings is 4. The maximum absolute atomic E-state index is 14.4. The van der Waals surface area contributed by atoms with Crippen LogP contribution in [0.1, 0.15) is 22.8 Å². The first-order valence-electron chi connectivity index (χ1n) is 17.2. The lowest BCUT2D eigenvalue weighted by Crippen LogP contribution is -2.38. The molecule has 2 heterocycles. The third-order valence-corrected chi connectivity index (χ3v) is 8.82. The lowest BCUT2D eigenvalue weighted by Gasteiger charge is -2.16. The summed E-state index contributed by atoms with van der Waals surface area (Å²) >= 11 is 11.7. The topological polar surface area (TPSA) is 185 Å². The third kappa shape index (κ3) is 11.0. The van der Waals surface area contributed by atoms with Crippen molar-refractivity contribution in [2.24, 2.45) is 5.73 Å². The van der Waals surface area contributed by atoms with Crippen LogP contribution in [-0.2, 0) is 20.8 Å². The Morgan fingerprint density at radius 1 is 0.772 bits per heavy atom. The molecule has 0 aliphatic carbocycles. The van der Waals surface area contributed by atoms with Crippen LogP contribution >= 0.6 is 23.2 Å². The van der Waals surface area contributed by atoms with Crippen LogP contribution in [0, 0.1) is 11.6 Å². The van der Waals surface area contributed by atoms with Crippen molar-refractivity contribution in [3.8, 4) is 11.5 Å². The van der Waals surface area contributed by atoms with Gasteiger partial charge in [-0.25, -0.2) is 28.7 Å². The molecular weight excluding hydrogens is 785 g/mol. The number of aldehydes is 1. The highest BCUT2D eigenvalue weighted by atomic mass is 35.5. The normalized spacial score (nSPS) is 11.4. The molecule has 2 aromatic heterocycles. The number of anilines is 4. The van der Waals surface area contributed by atoms with Crippen molar-refractivity contribution in [2.45, 2.75) is 19.5 Å². The summed E-state index contributed by atoms with van der Waals surface area (Å²) in [5.74, 6) is 0.0883. The van der Waals surface area contributed by atoms with Gasteiger partial charge < -0.3 is 40.6 Å². The summed E-state index contributed by atoms with van der Waals surface area (Å²) in [7, 11) is 3.14. The first-order valence-corrected chi connectivity index (χ1v) is 18.0. The first-order chi connectivity index (χ1) is 27.5. The van der Waals surface area contributed by atoms with Crippen LogP contribution in [0.4, 0.5) is 31.8 Å². The molecule has 57 heavy (non-hydrogen) atoms. The molecule has 298 valence electrons. The fourth-order valence-corrected chi connectivity index (χ4v) is 5.56. The Bertz CT molecular complexity index is 2360. The number of rotatable bonds is 17. The standard InChI is InChI=1S/C21H23ClFN5O3.C18H15ClFN3O3/c1-12(20(24)29)25-10-13-8-14-17(9-18(13)31-7-6-30-2)26-11-27-21(14)28-16-5-3-4-15(22)19(16)23;1-25-5-6-26-16-8-15-12(7-11(16)9-24)18(22-10-21-15)23-14-4-2-3-13(19)17(14)20/h3-5,8-9,11-12,25H,6-7,10H2,1-2H3,(H2,24,29)(H,26,27,28);2-4,7-10H,5-6H2,1H3,(H,21,22,23)/t12-;/m1./s1. The summed E-state index contributed by atoms with van der Waals surface area (Å²) in [6.45, 7) is 3.42.